The Labute approximate surface area is 356 Å². The number of hydrogen-bond acceptors (Lipinski definition) is 12. The second kappa shape index (κ2) is 14.6. The lowest BCUT2D eigenvalue weighted by Crippen LogP contribution is -2.83. The van der Waals surface area contributed by atoms with Gasteiger partial charge in [0.15, 0.2) is 22.8 Å². The van der Waals surface area contributed by atoms with Gasteiger partial charge in [-0.05, 0) is 136 Å². The van der Waals surface area contributed by atoms with Crippen molar-refractivity contribution >= 4 is 17.5 Å². The number of esters is 1. The molecule has 0 radical (unpaired) electrons. The van der Waals surface area contributed by atoms with Gasteiger partial charge in [-0.2, -0.15) is 0 Å². The molecule has 6 rings (SSSR count). The van der Waals surface area contributed by atoms with Gasteiger partial charge in [0.2, 0.25) is 0 Å². The van der Waals surface area contributed by atoms with Crippen molar-refractivity contribution in [3.63, 3.8) is 0 Å². The summed E-state index contributed by atoms with van der Waals surface area (Å²) in [5.74, 6) is -3.00. The summed E-state index contributed by atoms with van der Waals surface area (Å²) in [4.78, 5) is 40.3. The Bertz CT molecular complexity index is 1880. The predicted molar refractivity (Wildman–Crippen MR) is 224 cm³/mol. The van der Waals surface area contributed by atoms with E-state index in [2.05, 4.69) is 26.8 Å². The van der Waals surface area contributed by atoms with E-state index in [4.69, 9.17) is 9.47 Å². The van der Waals surface area contributed by atoms with E-state index in [0.717, 1.165) is 5.57 Å². The summed E-state index contributed by atoms with van der Waals surface area (Å²) in [6, 6.07) is 0. The summed E-state index contributed by atoms with van der Waals surface area (Å²) in [7, 11) is 0. The minimum absolute atomic E-state index is 0.0277. The lowest BCUT2D eigenvalue weighted by atomic mass is 9.32. The number of allylic oxidation sites excluding steroid dienone is 4. The van der Waals surface area contributed by atoms with Gasteiger partial charge in [0.1, 0.15) is 18.8 Å². The summed E-state index contributed by atoms with van der Waals surface area (Å²) >= 11 is 0. The molecule has 338 valence electrons. The largest absolute Gasteiger partial charge is 0.465 e. The molecule has 4 saturated carbocycles. The number of ether oxygens (including phenoxy) is 2. The summed E-state index contributed by atoms with van der Waals surface area (Å²) < 4.78 is 12.0. The normalized spacial score (nSPS) is 49.9. The molecule has 0 aromatic rings. The van der Waals surface area contributed by atoms with E-state index in [1.165, 1.54) is 39.8 Å². The van der Waals surface area contributed by atoms with Gasteiger partial charge in [0.05, 0.1) is 35.4 Å². The number of hydrogen-bond donors (Lipinski definition) is 7. The fourth-order valence-electron chi connectivity index (χ4n) is 14.6. The molecule has 0 spiro atoms. The molecular formula is C48H74O12. The van der Waals surface area contributed by atoms with Crippen LogP contribution in [-0.4, -0.2) is 113 Å². The van der Waals surface area contributed by atoms with Crippen LogP contribution < -0.4 is 0 Å². The van der Waals surface area contributed by atoms with Gasteiger partial charge in [0, 0.05) is 6.92 Å². The fourth-order valence-corrected chi connectivity index (χ4v) is 14.6. The highest BCUT2D eigenvalue weighted by Gasteiger charge is 2.78. The monoisotopic (exact) mass is 843 g/mol. The van der Waals surface area contributed by atoms with E-state index < -0.39 is 98.0 Å². The van der Waals surface area contributed by atoms with Crippen molar-refractivity contribution in [3.05, 3.63) is 34.9 Å². The van der Waals surface area contributed by atoms with Crippen LogP contribution in [0, 0.1) is 50.2 Å². The minimum Gasteiger partial charge on any atom is -0.465 e. The highest BCUT2D eigenvalue weighted by molar-refractivity contribution is 6.12. The van der Waals surface area contributed by atoms with Crippen molar-refractivity contribution in [1.82, 2.24) is 0 Å². The Morgan fingerprint density at radius 2 is 1.35 bits per heavy atom. The molecule has 6 aliphatic rings. The topological polar surface area (TPSA) is 211 Å². The van der Waals surface area contributed by atoms with Crippen LogP contribution in [0.1, 0.15) is 135 Å². The molecule has 0 aromatic carbocycles. The number of fused-ring (bicyclic) bond motifs is 7. The molecule has 1 aliphatic heterocycles. The van der Waals surface area contributed by atoms with Crippen LogP contribution >= 0.6 is 0 Å². The van der Waals surface area contributed by atoms with Crippen LogP contribution in [0.3, 0.4) is 0 Å². The molecule has 0 aromatic heterocycles. The maximum absolute atomic E-state index is 14.2. The van der Waals surface area contributed by atoms with Crippen LogP contribution in [-0.2, 0) is 23.9 Å². The second-order valence-electron chi connectivity index (χ2n) is 22.0. The van der Waals surface area contributed by atoms with E-state index in [0.29, 0.717) is 32.1 Å². The summed E-state index contributed by atoms with van der Waals surface area (Å²) in [5, 5.41) is 86.0. The van der Waals surface area contributed by atoms with Gasteiger partial charge in [0.25, 0.3) is 0 Å². The number of rotatable bonds is 7. The number of aliphatic hydroxyl groups excluding tert-OH is 4. The zero-order chi connectivity index (χ0) is 45.4. The van der Waals surface area contributed by atoms with Crippen LogP contribution in [0.25, 0.3) is 0 Å². The van der Waals surface area contributed by atoms with E-state index in [-0.39, 0.29) is 53.8 Å². The summed E-state index contributed by atoms with van der Waals surface area (Å²) in [6.07, 6.45) is -0.272. The van der Waals surface area contributed by atoms with Gasteiger partial charge in [-0.1, -0.05) is 72.3 Å². The molecule has 1 unspecified atom stereocenters. The molecule has 16 atom stereocenters. The zero-order valence-electron chi connectivity index (χ0n) is 38.3. The molecule has 12 nitrogen and oxygen atoms in total. The third-order valence-corrected chi connectivity index (χ3v) is 18.9. The third-order valence-electron chi connectivity index (χ3n) is 18.9. The number of Topliss-reactive ketones (excluding diaryl/α,β-unsaturated/α-hetero) is 2. The van der Waals surface area contributed by atoms with Gasteiger partial charge < -0.3 is 45.2 Å². The average Bonchev–Trinajstić information content (AvgIpc) is 3.17. The Hall–Kier alpha value is -2.29. The van der Waals surface area contributed by atoms with Gasteiger partial charge >= 0.3 is 5.97 Å². The SMILES string of the molecule is C/C=C(/C)C(=O)[C@@]1(O)[C@H](O)[C@@H]([C@]2(O)CC[C@@]3(C)C(CC[C@]4(C)[C@@H]3CC=C3[C@H]5CC(C)(C)[C@@H](O)[C@H](O)[C@]5(COC(C)=O)[C@H](O)C[C@]34C)C2(C)C)O[C@H](C)[C@]1(O)C(=O)/C(C)=C\C. The molecule has 5 aliphatic carbocycles. The van der Waals surface area contributed by atoms with E-state index in [9.17, 15) is 50.1 Å². The van der Waals surface area contributed by atoms with Gasteiger partial charge in [-0.15, -0.1) is 0 Å². The predicted octanol–water partition coefficient (Wildman–Crippen LogP) is 4.68. The van der Waals surface area contributed by atoms with Gasteiger partial charge in [-0.25, -0.2) is 0 Å². The Balaban J connectivity index is 1.41. The van der Waals surface area contributed by atoms with Crippen molar-refractivity contribution < 1.29 is 59.6 Å². The van der Waals surface area contributed by atoms with Crippen molar-refractivity contribution in [3.8, 4) is 0 Å². The zero-order valence-corrected chi connectivity index (χ0v) is 38.3. The maximum atomic E-state index is 14.2. The Morgan fingerprint density at radius 1 is 0.783 bits per heavy atom. The van der Waals surface area contributed by atoms with Crippen LogP contribution in [0.4, 0.5) is 0 Å². The molecule has 0 bridgehead atoms. The number of ketones is 2. The van der Waals surface area contributed by atoms with E-state index in [1.54, 1.807) is 13.8 Å². The first-order valence-electron chi connectivity index (χ1n) is 22.2. The number of carbonyl (C=O) groups excluding carboxylic acids is 3. The van der Waals surface area contributed by atoms with Crippen LogP contribution in [0.5, 0.6) is 0 Å². The van der Waals surface area contributed by atoms with Crippen LogP contribution in [0.15, 0.2) is 34.9 Å². The first kappa shape index (κ1) is 47.2. The standard InChI is InChI=1S/C48H74O12/c1-14-25(3)34(51)47(57)27(5)60-39(38(55)48(47,58)35(52)26(4)15-2)46(56)21-20-42(11)31(41(46,9)10)18-19-43(12)32(42)17-16-29-30-22-40(7,8)36(53)37(54)45(30,24-59-28(6)49)33(50)23-44(29,43)13/h14-16,27,30-33,36-39,50,53-58H,17-24H2,1-13H3/b25-14-,26-15-/t27-,30-,31?,32-,33-,36+,37+,38-,39+,42+,43-,44-,45+,46-,47+,48-/m1/s1. The lowest BCUT2D eigenvalue weighted by molar-refractivity contribution is -0.342. The van der Waals surface area contributed by atoms with E-state index in [1.807, 2.05) is 27.7 Å². The van der Waals surface area contributed by atoms with Gasteiger partial charge in [-0.3, -0.25) is 14.4 Å². The van der Waals surface area contributed by atoms with E-state index >= 15 is 0 Å². The van der Waals surface area contributed by atoms with Crippen molar-refractivity contribution in [1.29, 1.82) is 0 Å². The highest BCUT2D eigenvalue weighted by Crippen LogP contribution is 2.77. The quantitative estimate of drug-likeness (QED) is 0.106. The molecule has 7 N–H and O–H groups in total. The van der Waals surface area contributed by atoms with Crippen LogP contribution in [0.2, 0.25) is 0 Å². The Morgan fingerprint density at radius 3 is 1.90 bits per heavy atom. The first-order chi connectivity index (χ1) is 27.4. The van der Waals surface area contributed by atoms with Crippen molar-refractivity contribution in [2.24, 2.45) is 50.2 Å². The molecule has 12 heteroatoms. The van der Waals surface area contributed by atoms with Crippen molar-refractivity contribution in [2.45, 2.75) is 188 Å². The molecule has 0 amide bonds. The lowest BCUT2D eigenvalue weighted by Gasteiger charge is -2.73. The molecule has 1 heterocycles. The molecule has 60 heavy (non-hydrogen) atoms. The molecule has 1 saturated heterocycles. The highest BCUT2D eigenvalue weighted by atomic mass is 16.6. The maximum Gasteiger partial charge on any atom is 0.302 e. The number of carbonyl (C=O) groups is 3. The molecular weight excluding hydrogens is 769 g/mol. The number of aliphatic hydroxyl groups is 7. The smallest absolute Gasteiger partial charge is 0.302 e. The second-order valence-corrected chi connectivity index (χ2v) is 22.0. The minimum atomic E-state index is -3.06. The van der Waals surface area contributed by atoms with Crippen molar-refractivity contribution in [2.75, 3.05) is 6.61 Å². The average molecular weight is 843 g/mol. The summed E-state index contributed by atoms with van der Waals surface area (Å²) in [6.45, 7) is 23.1. The fraction of sp³-hybridized carbons (Fsp3) is 0.812. The third kappa shape index (κ3) is 5.72. The Kier molecular flexibility index (Phi) is 11.5. The molecule has 5 fully saturated rings. The first-order valence-corrected chi connectivity index (χ1v) is 22.2. The summed E-state index contributed by atoms with van der Waals surface area (Å²) in [5.41, 5.74) is -10.9.